The van der Waals surface area contributed by atoms with Crippen LogP contribution in [0, 0.1) is 0 Å². The van der Waals surface area contributed by atoms with Crippen LogP contribution in [0.15, 0.2) is 30.3 Å². The molecule has 1 aromatic rings. The lowest BCUT2D eigenvalue weighted by Crippen LogP contribution is -2.45. The number of nitrogens with one attached hydrogen (secondary N) is 1. The zero-order valence-corrected chi connectivity index (χ0v) is 12.5. The van der Waals surface area contributed by atoms with Crippen molar-refractivity contribution in [1.82, 2.24) is 10.2 Å². The van der Waals surface area contributed by atoms with Crippen LogP contribution in [-0.4, -0.2) is 43.0 Å². The Bertz CT molecular complexity index is 490. The van der Waals surface area contributed by atoms with E-state index in [2.05, 4.69) is 5.32 Å². The zero-order valence-electron chi connectivity index (χ0n) is 12.5. The number of carbonyl (C=O) groups is 2. The van der Waals surface area contributed by atoms with Gasteiger partial charge >= 0.3 is 0 Å². The summed E-state index contributed by atoms with van der Waals surface area (Å²) in [5, 5.41) is 2.83. The third kappa shape index (κ3) is 3.61. The van der Waals surface area contributed by atoms with Gasteiger partial charge in [0, 0.05) is 20.1 Å². The molecule has 0 aliphatic carbocycles. The lowest BCUT2D eigenvalue weighted by molar-refractivity contribution is -0.136. The quantitative estimate of drug-likeness (QED) is 0.894. The van der Waals surface area contributed by atoms with Crippen LogP contribution in [0.1, 0.15) is 31.4 Å². The van der Waals surface area contributed by atoms with Gasteiger partial charge in [-0.1, -0.05) is 37.3 Å². The van der Waals surface area contributed by atoms with Crippen LogP contribution in [0.3, 0.4) is 0 Å². The van der Waals surface area contributed by atoms with Gasteiger partial charge in [-0.25, -0.2) is 0 Å². The molecule has 1 saturated heterocycles. The minimum atomic E-state index is -0.605. The van der Waals surface area contributed by atoms with E-state index in [-0.39, 0.29) is 17.9 Å². The Morgan fingerprint density at radius 3 is 2.67 bits per heavy atom. The highest BCUT2D eigenvalue weighted by Gasteiger charge is 2.34. The summed E-state index contributed by atoms with van der Waals surface area (Å²) in [4.78, 5) is 26.5. The fourth-order valence-corrected chi connectivity index (χ4v) is 2.65. The molecule has 2 rings (SSSR count). The second kappa shape index (κ2) is 7.22. The lowest BCUT2D eigenvalue weighted by Gasteiger charge is -2.31. The summed E-state index contributed by atoms with van der Waals surface area (Å²) in [6.45, 7) is 2.95. The predicted octanol–water partition coefficient (Wildman–Crippen LogP) is 1.50. The molecule has 0 bridgehead atoms. The highest BCUT2D eigenvalue weighted by atomic mass is 16.5. The first-order chi connectivity index (χ1) is 10.2. The van der Waals surface area contributed by atoms with E-state index in [1.807, 2.05) is 37.3 Å². The van der Waals surface area contributed by atoms with Crippen molar-refractivity contribution in [3.63, 3.8) is 0 Å². The van der Waals surface area contributed by atoms with Gasteiger partial charge in [0.1, 0.15) is 6.04 Å². The van der Waals surface area contributed by atoms with Gasteiger partial charge in [-0.05, 0) is 12.0 Å². The molecular formula is C16H22N2O3. The van der Waals surface area contributed by atoms with Crippen LogP contribution in [0.4, 0.5) is 0 Å². The average molecular weight is 290 g/mol. The second-order valence-corrected chi connectivity index (χ2v) is 5.21. The molecule has 1 fully saturated rings. The number of benzene rings is 1. The monoisotopic (exact) mass is 290 g/mol. The summed E-state index contributed by atoms with van der Waals surface area (Å²) >= 11 is 0. The molecule has 0 saturated carbocycles. The van der Waals surface area contributed by atoms with Crippen molar-refractivity contribution >= 4 is 11.8 Å². The average Bonchev–Trinajstić information content (AvgIpc) is 2.65. The Kier molecular flexibility index (Phi) is 5.33. The summed E-state index contributed by atoms with van der Waals surface area (Å²) in [5.41, 5.74) is 0.815. The van der Waals surface area contributed by atoms with Crippen molar-refractivity contribution in [2.24, 2.45) is 0 Å². The maximum Gasteiger partial charge on any atom is 0.250 e. The van der Waals surface area contributed by atoms with Crippen LogP contribution < -0.4 is 5.32 Å². The summed E-state index contributed by atoms with van der Waals surface area (Å²) in [7, 11) is 1.63. The number of rotatable bonds is 5. The molecule has 1 heterocycles. The molecule has 1 aliphatic heterocycles. The zero-order chi connectivity index (χ0) is 15.2. The third-order valence-electron chi connectivity index (χ3n) is 3.82. The molecule has 0 spiro atoms. The smallest absolute Gasteiger partial charge is 0.250 e. The fourth-order valence-electron chi connectivity index (χ4n) is 2.65. The Hall–Kier alpha value is -1.88. The number of ether oxygens (including phenoxy) is 1. The number of nitrogens with zero attached hydrogens (tertiary/aromatic N) is 1. The first kappa shape index (κ1) is 15.5. The van der Waals surface area contributed by atoms with Gasteiger partial charge in [-0.15, -0.1) is 0 Å². The molecule has 114 valence electrons. The van der Waals surface area contributed by atoms with Gasteiger partial charge in [0.15, 0.2) is 0 Å². The van der Waals surface area contributed by atoms with E-state index in [0.29, 0.717) is 19.6 Å². The highest BCUT2D eigenvalue weighted by molar-refractivity contribution is 5.91. The third-order valence-corrected chi connectivity index (χ3v) is 3.82. The maximum atomic E-state index is 12.8. The molecule has 0 aromatic heterocycles. The molecule has 2 atom stereocenters. The van der Waals surface area contributed by atoms with E-state index in [1.54, 1.807) is 12.0 Å². The van der Waals surface area contributed by atoms with Crippen LogP contribution in [0.2, 0.25) is 0 Å². The molecule has 2 amide bonds. The van der Waals surface area contributed by atoms with E-state index in [0.717, 1.165) is 12.0 Å². The largest absolute Gasteiger partial charge is 0.383 e. The van der Waals surface area contributed by atoms with E-state index in [4.69, 9.17) is 4.74 Å². The van der Waals surface area contributed by atoms with Crippen molar-refractivity contribution in [3.8, 4) is 0 Å². The number of carbonyl (C=O) groups excluding carboxylic acids is 2. The SMILES string of the molecule is CCC(COC)N1CCC(=O)NC(c2ccccc2)C1=O. The fraction of sp³-hybridized carbons (Fsp3) is 0.500. The first-order valence-electron chi connectivity index (χ1n) is 7.31. The van der Waals surface area contributed by atoms with Crippen LogP contribution >= 0.6 is 0 Å². The van der Waals surface area contributed by atoms with E-state index in [1.165, 1.54) is 0 Å². The molecule has 1 N–H and O–H groups in total. The molecule has 2 unspecified atom stereocenters. The maximum absolute atomic E-state index is 12.8. The van der Waals surface area contributed by atoms with Crippen molar-refractivity contribution in [2.45, 2.75) is 31.8 Å². The van der Waals surface area contributed by atoms with Gasteiger partial charge in [0.25, 0.3) is 0 Å². The van der Waals surface area contributed by atoms with E-state index < -0.39 is 6.04 Å². The van der Waals surface area contributed by atoms with Crippen LogP contribution in [0.25, 0.3) is 0 Å². The Balaban J connectivity index is 2.28. The minimum Gasteiger partial charge on any atom is -0.383 e. The molecule has 5 heteroatoms. The van der Waals surface area contributed by atoms with Crippen molar-refractivity contribution in [2.75, 3.05) is 20.3 Å². The molecule has 1 aliphatic rings. The predicted molar refractivity (Wildman–Crippen MR) is 79.6 cm³/mol. The number of amides is 2. The van der Waals surface area contributed by atoms with Gasteiger partial charge < -0.3 is 15.0 Å². The van der Waals surface area contributed by atoms with Crippen molar-refractivity contribution < 1.29 is 14.3 Å². The molecule has 21 heavy (non-hydrogen) atoms. The lowest BCUT2D eigenvalue weighted by atomic mass is 10.0. The summed E-state index contributed by atoms with van der Waals surface area (Å²) in [5.74, 6) is -0.150. The number of hydrogen-bond donors (Lipinski definition) is 1. The minimum absolute atomic E-state index is 0.00131. The van der Waals surface area contributed by atoms with Gasteiger partial charge in [-0.2, -0.15) is 0 Å². The number of methoxy groups -OCH3 is 1. The topological polar surface area (TPSA) is 58.6 Å². The van der Waals surface area contributed by atoms with Gasteiger partial charge in [-0.3, -0.25) is 9.59 Å². The molecule has 0 radical (unpaired) electrons. The summed E-state index contributed by atoms with van der Waals surface area (Å²) < 4.78 is 5.21. The van der Waals surface area contributed by atoms with E-state index in [9.17, 15) is 9.59 Å². The normalized spacial score (nSPS) is 20.9. The molecule has 1 aromatic carbocycles. The second-order valence-electron chi connectivity index (χ2n) is 5.21. The van der Waals surface area contributed by atoms with Gasteiger partial charge in [0.2, 0.25) is 11.8 Å². The van der Waals surface area contributed by atoms with Crippen LogP contribution in [0.5, 0.6) is 0 Å². The van der Waals surface area contributed by atoms with Crippen LogP contribution in [-0.2, 0) is 14.3 Å². The van der Waals surface area contributed by atoms with Crippen molar-refractivity contribution in [1.29, 1.82) is 0 Å². The number of hydrogen-bond acceptors (Lipinski definition) is 3. The standard InChI is InChI=1S/C16H22N2O3/c1-3-13(11-21-2)18-10-9-14(19)17-15(16(18)20)12-7-5-4-6-8-12/h4-8,13,15H,3,9-11H2,1-2H3,(H,17,19). The summed E-state index contributed by atoms with van der Waals surface area (Å²) in [6, 6.07) is 8.76. The Morgan fingerprint density at radius 1 is 1.33 bits per heavy atom. The Labute approximate surface area is 125 Å². The van der Waals surface area contributed by atoms with Gasteiger partial charge in [0.05, 0.1) is 12.6 Å². The highest BCUT2D eigenvalue weighted by Crippen LogP contribution is 2.21. The summed E-state index contributed by atoms with van der Waals surface area (Å²) in [6.07, 6.45) is 1.13. The molecular weight excluding hydrogens is 268 g/mol. The van der Waals surface area contributed by atoms with E-state index >= 15 is 0 Å². The Morgan fingerprint density at radius 2 is 2.05 bits per heavy atom. The first-order valence-corrected chi connectivity index (χ1v) is 7.31. The molecule has 5 nitrogen and oxygen atoms in total. The van der Waals surface area contributed by atoms with Crippen molar-refractivity contribution in [3.05, 3.63) is 35.9 Å².